The van der Waals surface area contributed by atoms with Crippen LogP contribution < -0.4 is 0 Å². The van der Waals surface area contributed by atoms with Crippen LogP contribution in [0.25, 0.3) is 0 Å². The predicted molar refractivity (Wildman–Crippen MR) is 65.4 cm³/mol. The number of rotatable bonds is 0. The van der Waals surface area contributed by atoms with Crippen molar-refractivity contribution in [2.45, 2.75) is 25.3 Å². The van der Waals surface area contributed by atoms with Crippen LogP contribution in [-0.2, 0) is 0 Å². The molecule has 0 nitrogen and oxygen atoms in total. The van der Waals surface area contributed by atoms with E-state index < -0.39 is 0 Å². The molecule has 12 heavy (non-hydrogen) atoms. The Morgan fingerprint density at radius 3 is 1.58 bits per heavy atom. The first kappa shape index (κ1) is 10.9. The molecule has 0 unspecified atom stereocenters. The Balaban J connectivity index is 2.00. The van der Waals surface area contributed by atoms with Gasteiger partial charge >= 0.3 is 0 Å². The topological polar surface area (TPSA) is 0 Å². The van der Waals surface area contributed by atoms with Crippen molar-refractivity contribution >= 4 is 38.1 Å². The van der Waals surface area contributed by atoms with E-state index in [9.17, 15) is 0 Å². The summed E-state index contributed by atoms with van der Waals surface area (Å²) in [6.45, 7) is 0. The molecule has 0 N–H and O–H groups in total. The van der Waals surface area contributed by atoms with Crippen LogP contribution in [0, 0.1) is 0 Å². The summed E-state index contributed by atoms with van der Waals surface area (Å²) in [5.74, 6) is 5.36. The van der Waals surface area contributed by atoms with Crippen molar-refractivity contribution in [3.8, 4) is 0 Å². The molecular weight excluding hydrogens is 182 g/mol. The Kier molecular flexibility index (Phi) is 7.66. The van der Waals surface area contributed by atoms with Gasteiger partial charge in [-0.3, -0.25) is 0 Å². The molecule has 0 aliphatic carbocycles. The zero-order chi connectivity index (χ0) is 8.49. The quantitative estimate of drug-likeness (QED) is 0.548. The molecule has 0 bridgehead atoms. The third kappa shape index (κ3) is 6.36. The minimum atomic E-state index is 1.30. The van der Waals surface area contributed by atoms with Crippen molar-refractivity contribution in [1.29, 1.82) is 0 Å². The van der Waals surface area contributed by atoms with Gasteiger partial charge in [-0.2, -0.15) is 23.5 Å². The molecule has 0 spiro atoms. The molecule has 4 heteroatoms. The van der Waals surface area contributed by atoms with Gasteiger partial charge in [-0.1, -0.05) is 25.3 Å². The van der Waals surface area contributed by atoms with Crippen molar-refractivity contribution in [3.05, 3.63) is 0 Å². The third-order valence-corrected chi connectivity index (χ3v) is 4.17. The fourth-order valence-electron chi connectivity index (χ4n) is 1.18. The average molecular weight is 198 g/mol. The SMILES string of the molecule is [B]1CC[B]CCSCCSCC1. The largest absolute Gasteiger partial charge is 0.162 e. The summed E-state index contributed by atoms with van der Waals surface area (Å²) in [6, 6.07) is 0. The van der Waals surface area contributed by atoms with E-state index in [4.69, 9.17) is 0 Å². The minimum absolute atomic E-state index is 1.30. The van der Waals surface area contributed by atoms with E-state index in [0.29, 0.717) is 0 Å². The predicted octanol–water partition coefficient (Wildman–Crippen LogP) is 2.55. The first-order chi connectivity index (χ1) is 6.00. The van der Waals surface area contributed by atoms with Crippen LogP contribution in [0.5, 0.6) is 0 Å². The Morgan fingerprint density at radius 2 is 1.08 bits per heavy atom. The second kappa shape index (κ2) is 8.43. The monoisotopic (exact) mass is 198 g/mol. The van der Waals surface area contributed by atoms with Gasteiger partial charge in [0, 0.05) is 11.5 Å². The summed E-state index contributed by atoms with van der Waals surface area (Å²) < 4.78 is 0. The van der Waals surface area contributed by atoms with E-state index in [0.717, 1.165) is 0 Å². The minimum Gasteiger partial charge on any atom is -0.162 e. The normalized spacial score (nSPS) is 22.7. The van der Waals surface area contributed by atoms with Crippen LogP contribution in [-0.4, -0.2) is 37.6 Å². The highest BCUT2D eigenvalue weighted by Gasteiger charge is 1.98. The number of hydrogen-bond donors (Lipinski definition) is 0. The number of thioether (sulfide) groups is 2. The van der Waals surface area contributed by atoms with Crippen LogP contribution in [0.2, 0.25) is 25.3 Å². The third-order valence-electron chi connectivity index (χ3n) is 1.88. The fraction of sp³-hybridized carbons (Fsp3) is 1.00. The van der Waals surface area contributed by atoms with E-state index in [-0.39, 0.29) is 0 Å². The highest BCUT2D eigenvalue weighted by molar-refractivity contribution is 8.02. The second-order valence-electron chi connectivity index (χ2n) is 2.96. The maximum atomic E-state index is 2.44. The molecule has 0 aromatic heterocycles. The molecule has 0 atom stereocenters. The molecule has 1 rings (SSSR count). The Morgan fingerprint density at radius 1 is 0.583 bits per heavy atom. The molecule has 66 valence electrons. The zero-order valence-corrected chi connectivity index (χ0v) is 9.26. The number of hydrogen-bond acceptors (Lipinski definition) is 2. The molecule has 0 aromatic carbocycles. The summed E-state index contributed by atoms with van der Waals surface area (Å²) in [5, 5.41) is 0. The highest BCUT2D eigenvalue weighted by Crippen LogP contribution is 2.11. The zero-order valence-electron chi connectivity index (χ0n) is 7.63. The van der Waals surface area contributed by atoms with Crippen LogP contribution in [0.3, 0.4) is 0 Å². The maximum Gasteiger partial charge on any atom is 0.109 e. The van der Waals surface area contributed by atoms with E-state index in [1.807, 2.05) is 0 Å². The Hall–Kier alpha value is 0.830. The average Bonchev–Trinajstić information content (AvgIpc) is 2.05. The summed E-state index contributed by atoms with van der Waals surface area (Å²) in [4.78, 5) is 0. The lowest BCUT2D eigenvalue weighted by Gasteiger charge is -2.04. The van der Waals surface area contributed by atoms with Crippen LogP contribution >= 0.6 is 23.5 Å². The van der Waals surface area contributed by atoms with Crippen molar-refractivity contribution < 1.29 is 0 Å². The summed E-state index contributed by atoms with van der Waals surface area (Å²) >= 11 is 4.21. The highest BCUT2D eigenvalue weighted by atomic mass is 32.2. The van der Waals surface area contributed by atoms with Crippen molar-refractivity contribution in [2.24, 2.45) is 0 Å². The summed E-state index contributed by atoms with van der Waals surface area (Å²) in [6.07, 6.45) is 5.21. The van der Waals surface area contributed by atoms with E-state index in [2.05, 4.69) is 38.1 Å². The van der Waals surface area contributed by atoms with E-state index >= 15 is 0 Å². The summed E-state index contributed by atoms with van der Waals surface area (Å²) in [5.41, 5.74) is 0. The fourth-order valence-corrected chi connectivity index (χ4v) is 3.20. The lowest BCUT2D eigenvalue weighted by Crippen LogP contribution is -1.99. The van der Waals surface area contributed by atoms with Gasteiger partial charge in [0.15, 0.2) is 0 Å². The van der Waals surface area contributed by atoms with E-state index in [1.54, 1.807) is 0 Å². The van der Waals surface area contributed by atoms with Crippen molar-refractivity contribution in [3.63, 3.8) is 0 Å². The maximum absolute atomic E-state index is 2.44. The first-order valence-corrected chi connectivity index (χ1v) is 7.10. The van der Waals surface area contributed by atoms with Crippen molar-refractivity contribution in [2.75, 3.05) is 23.0 Å². The van der Waals surface area contributed by atoms with Gasteiger partial charge in [-0.25, -0.2) is 0 Å². The van der Waals surface area contributed by atoms with Gasteiger partial charge in [0.05, 0.1) is 0 Å². The van der Waals surface area contributed by atoms with Crippen LogP contribution in [0.15, 0.2) is 0 Å². The van der Waals surface area contributed by atoms with Crippen LogP contribution in [0.4, 0.5) is 0 Å². The molecule has 1 saturated heterocycles. The first-order valence-electron chi connectivity index (χ1n) is 4.79. The van der Waals surface area contributed by atoms with Gasteiger partial charge < -0.3 is 0 Å². The van der Waals surface area contributed by atoms with Gasteiger partial charge in [0.1, 0.15) is 14.6 Å². The molecular formula is C8H16B2S2. The molecule has 1 aliphatic rings. The van der Waals surface area contributed by atoms with Gasteiger partial charge in [-0.05, 0) is 11.5 Å². The lowest BCUT2D eigenvalue weighted by molar-refractivity contribution is 1.31. The van der Waals surface area contributed by atoms with Crippen molar-refractivity contribution in [1.82, 2.24) is 0 Å². The van der Waals surface area contributed by atoms with Gasteiger partial charge in [0.25, 0.3) is 0 Å². The Labute approximate surface area is 86.5 Å². The smallest absolute Gasteiger partial charge is 0.109 e. The summed E-state index contributed by atoms with van der Waals surface area (Å²) in [7, 11) is 4.89. The van der Waals surface area contributed by atoms with E-state index in [1.165, 1.54) is 48.3 Å². The molecule has 1 fully saturated rings. The molecule has 0 amide bonds. The molecule has 0 aromatic rings. The van der Waals surface area contributed by atoms with Gasteiger partial charge in [0.2, 0.25) is 0 Å². The molecule has 2 radical (unpaired) electrons. The lowest BCUT2D eigenvalue weighted by atomic mass is 9.60. The standard InChI is InChI=1S/C8H16B2S2/c1-2-10-4-6-12-8-7-11-5-3-9-1/h1-8H2. The van der Waals surface area contributed by atoms with Gasteiger partial charge in [-0.15, -0.1) is 0 Å². The molecule has 1 aliphatic heterocycles. The molecule has 1 heterocycles. The Bertz CT molecular complexity index is 58.0. The van der Waals surface area contributed by atoms with Crippen LogP contribution in [0.1, 0.15) is 0 Å². The molecule has 0 saturated carbocycles. The second-order valence-corrected chi connectivity index (χ2v) is 5.41.